The monoisotopic (exact) mass is 554 g/mol. The molecule has 0 unspecified atom stereocenters. The van der Waals surface area contributed by atoms with E-state index >= 15 is 0 Å². The van der Waals surface area contributed by atoms with E-state index in [4.69, 9.17) is 19.5 Å². The number of aromatic nitrogens is 2. The summed E-state index contributed by atoms with van der Waals surface area (Å²) in [6.45, 7) is 1.94. The largest absolute Gasteiger partial charge is 0.374 e. The summed E-state index contributed by atoms with van der Waals surface area (Å²) in [5.41, 5.74) is 6.06. The molecule has 0 saturated heterocycles. The van der Waals surface area contributed by atoms with Crippen LogP contribution in [0.2, 0.25) is 0 Å². The molecule has 6 heteroatoms. The Bertz CT molecular complexity index is 1390. The first-order chi connectivity index (χ1) is 20.8. The summed E-state index contributed by atoms with van der Waals surface area (Å²) < 4.78 is 12.2. The summed E-state index contributed by atoms with van der Waals surface area (Å²) >= 11 is 0. The summed E-state index contributed by atoms with van der Waals surface area (Å²) in [6, 6.07) is 40.1. The fourth-order valence-electron chi connectivity index (χ4n) is 4.35. The number of nitrogens with zero attached hydrogens (tertiary/aromatic N) is 4. The van der Waals surface area contributed by atoms with Crippen molar-refractivity contribution in [2.75, 3.05) is 13.2 Å². The van der Waals surface area contributed by atoms with Gasteiger partial charge in [-0.2, -0.15) is 0 Å². The maximum atomic E-state index is 6.10. The van der Waals surface area contributed by atoms with E-state index in [-0.39, 0.29) is 12.1 Å². The fraction of sp³-hybridized carbons (Fsp3) is 0.167. The third-order valence-corrected chi connectivity index (χ3v) is 6.63. The molecule has 5 aromatic rings. The van der Waals surface area contributed by atoms with E-state index in [2.05, 4.69) is 58.5 Å². The van der Waals surface area contributed by atoms with Crippen LogP contribution in [0.4, 0.5) is 0 Å². The average Bonchev–Trinajstić information content (AvgIpc) is 3.06. The van der Waals surface area contributed by atoms with Gasteiger partial charge >= 0.3 is 0 Å². The molecule has 6 nitrogen and oxygen atoms in total. The minimum Gasteiger partial charge on any atom is -0.374 e. The zero-order chi connectivity index (χ0) is 28.7. The molecule has 0 fully saturated rings. The summed E-state index contributed by atoms with van der Waals surface area (Å²) in [7, 11) is 0. The van der Waals surface area contributed by atoms with E-state index in [0.29, 0.717) is 26.4 Å². The van der Waals surface area contributed by atoms with Crippen LogP contribution < -0.4 is 0 Å². The Balaban J connectivity index is 1.13. The Morgan fingerprint density at radius 1 is 0.500 bits per heavy atom. The third-order valence-electron chi connectivity index (χ3n) is 6.63. The second-order valence-electron chi connectivity index (χ2n) is 9.77. The number of hydrogen-bond acceptors (Lipinski definition) is 6. The van der Waals surface area contributed by atoms with Gasteiger partial charge < -0.3 is 9.47 Å². The number of benzene rings is 3. The third kappa shape index (κ3) is 9.13. The lowest BCUT2D eigenvalue weighted by Gasteiger charge is -2.14. The quantitative estimate of drug-likeness (QED) is 0.136. The van der Waals surface area contributed by atoms with Gasteiger partial charge in [-0.3, -0.25) is 20.0 Å². The van der Waals surface area contributed by atoms with E-state index < -0.39 is 0 Å². The van der Waals surface area contributed by atoms with Gasteiger partial charge in [0.25, 0.3) is 0 Å². The molecule has 5 rings (SSSR count). The van der Waals surface area contributed by atoms with Crippen molar-refractivity contribution in [1.29, 1.82) is 0 Å². The topological polar surface area (TPSA) is 69.0 Å². The summed E-state index contributed by atoms with van der Waals surface area (Å²) in [5, 5.41) is 0. The summed E-state index contributed by atoms with van der Waals surface area (Å²) in [5.74, 6) is 0. The molecule has 0 aliphatic carbocycles. The van der Waals surface area contributed by atoms with Gasteiger partial charge in [0.15, 0.2) is 0 Å². The SMILES string of the molecule is C(=N\[C@@H](COCc1ccc(COC[C@H](/N=C/c2ccccn2)c2ccccc2)cc1)c1ccccc1)/c1ccccn1. The van der Waals surface area contributed by atoms with Crippen LogP contribution in [0, 0.1) is 0 Å². The second kappa shape index (κ2) is 15.9. The maximum absolute atomic E-state index is 6.10. The van der Waals surface area contributed by atoms with E-state index in [1.54, 1.807) is 12.4 Å². The van der Waals surface area contributed by atoms with Crippen LogP contribution in [0.15, 0.2) is 144 Å². The smallest absolute Gasteiger partial charge is 0.0983 e. The molecular formula is C36H34N4O2. The predicted molar refractivity (Wildman–Crippen MR) is 168 cm³/mol. The van der Waals surface area contributed by atoms with Crippen molar-refractivity contribution in [3.63, 3.8) is 0 Å². The van der Waals surface area contributed by atoms with Crippen molar-refractivity contribution in [1.82, 2.24) is 9.97 Å². The van der Waals surface area contributed by atoms with Crippen LogP contribution in [0.1, 0.15) is 45.7 Å². The molecule has 0 bridgehead atoms. The normalized spacial score (nSPS) is 13.0. The number of aliphatic imine (C=N–C) groups is 2. The Morgan fingerprint density at radius 2 is 0.905 bits per heavy atom. The lowest BCUT2D eigenvalue weighted by Crippen LogP contribution is -2.08. The van der Waals surface area contributed by atoms with Gasteiger partial charge in [0.1, 0.15) is 0 Å². The zero-order valence-corrected chi connectivity index (χ0v) is 23.4. The lowest BCUT2D eigenvalue weighted by atomic mass is 10.1. The highest BCUT2D eigenvalue weighted by Crippen LogP contribution is 2.20. The van der Waals surface area contributed by atoms with Crippen molar-refractivity contribution < 1.29 is 9.47 Å². The van der Waals surface area contributed by atoms with E-state index in [0.717, 1.165) is 33.6 Å². The number of rotatable bonds is 14. The highest BCUT2D eigenvalue weighted by Gasteiger charge is 2.11. The molecule has 2 heterocycles. The summed E-state index contributed by atoms with van der Waals surface area (Å²) in [4.78, 5) is 18.2. The predicted octanol–water partition coefficient (Wildman–Crippen LogP) is 7.23. The molecular weight excluding hydrogens is 520 g/mol. The van der Waals surface area contributed by atoms with Crippen LogP contribution in [-0.4, -0.2) is 35.6 Å². The number of hydrogen-bond donors (Lipinski definition) is 0. The number of ether oxygens (including phenoxy) is 2. The Kier molecular flexibility index (Phi) is 10.9. The molecule has 42 heavy (non-hydrogen) atoms. The molecule has 0 spiro atoms. The molecule has 2 atom stereocenters. The Labute approximate surface area is 247 Å². The van der Waals surface area contributed by atoms with Crippen molar-refractivity contribution in [3.8, 4) is 0 Å². The standard InChI is InChI=1S/C36H34N4O2/c1-3-11-31(12-4-1)35(39-23-33-15-7-9-21-37-33)27-41-25-29-17-19-30(20-18-29)26-42-28-36(32-13-5-2-6-14-32)40-24-34-16-8-10-22-38-34/h1-24,35-36H,25-28H2/b39-23+,40-24+/t35-,36-/m0/s1. The first-order valence-electron chi connectivity index (χ1n) is 14.0. The van der Waals surface area contributed by atoms with Crippen molar-refractivity contribution in [3.05, 3.63) is 167 Å². The molecule has 210 valence electrons. The van der Waals surface area contributed by atoms with Crippen molar-refractivity contribution >= 4 is 12.4 Å². The van der Waals surface area contributed by atoms with Crippen molar-refractivity contribution in [2.24, 2.45) is 9.98 Å². The van der Waals surface area contributed by atoms with Gasteiger partial charge in [-0.05, 0) is 46.5 Å². The van der Waals surface area contributed by atoms with Gasteiger partial charge in [0.2, 0.25) is 0 Å². The van der Waals surface area contributed by atoms with E-state index in [1.807, 2.05) is 85.2 Å². The Morgan fingerprint density at radius 3 is 1.29 bits per heavy atom. The molecule has 0 aliphatic rings. The molecule has 3 aromatic carbocycles. The summed E-state index contributed by atoms with van der Waals surface area (Å²) in [6.07, 6.45) is 7.15. The minimum atomic E-state index is -0.112. The van der Waals surface area contributed by atoms with Gasteiger partial charge in [0.05, 0.1) is 49.9 Å². The molecule has 0 saturated carbocycles. The number of pyridine rings is 2. The maximum Gasteiger partial charge on any atom is 0.0983 e. The van der Waals surface area contributed by atoms with Crippen LogP contribution in [-0.2, 0) is 22.7 Å². The zero-order valence-electron chi connectivity index (χ0n) is 23.4. The van der Waals surface area contributed by atoms with Crippen molar-refractivity contribution in [2.45, 2.75) is 25.3 Å². The highest BCUT2D eigenvalue weighted by molar-refractivity contribution is 5.77. The first kappa shape index (κ1) is 28.7. The second-order valence-corrected chi connectivity index (χ2v) is 9.77. The molecule has 0 radical (unpaired) electrons. The van der Waals surface area contributed by atoms with E-state index in [9.17, 15) is 0 Å². The first-order valence-corrected chi connectivity index (χ1v) is 14.0. The van der Waals surface area contributed by atoms with E-state index in [1.165, 1.54) is 0 Å². The average molecular weight is 555 g/mol. The highest BCUT2D eigenvalue weighted by atomic mass is 16.5. The molecule has 2 aromatic heterocycles. The van der Waals surface area contributed by atoms with Gasteiger partial charge in [-0.15, -0.1) is 0 Å². The van der Waals surface area contributed by atoms with Crippen LogP contribution in [0.25, 0.3) is 0 Å². The van der Waals surface area contributed by atoms with Gasteiger partial charge in [0, 0.05) is 24.8 Å². The van der Waals surface area contributed by atoms with Crippen LogP contribution >= 0.6 is 0 Å². The molecule has 0 N–H and O–H groups in total. The molecule has 0 amide bonds. The lowest BCUT2D eigenvalue weighted by molar-refractivity contribution is 0.107. The van der Waals surface area contributed by atoms with Gasteiger partial charge in [-0.1, -0.05) is 97.1 Å². The Hall–Kier alpha value is -4.78. The van der Waals surface area contributed by atoms with Crippen LogP contribution in [0.5, 0.6) is 0 Å². The fourth-order valence-corrected chi connectivity index (χ4v) is 4.35. The minimum absolute atomic E-state index is 0.112. The van der Waals surface area contributed by atoms with Gasteiger partial charge in [-0.25, -0.2) is 0 Å². The van der Waals surface area contributed by atoms with Crippen LogP contribution in [0.3, 0.4) is 0 Å². The molecule has 0 aliphatic heterocycles.